The minimum atomic E-state index is -4.76. The number of likely N-dealkylation sites (tertiary alicyclic amines) is 1. The Hall–Kier alpha value is -2.39. The number of sulfone groups is 1. The first-order chi connectivity index (χ1) is 13.1. The lowest BCUT2D eigenvalue weighted by atomic mass is 10.0. The average Bonchev–Trinajstić information content (AvgIpc) is 3.08. The minimum Gasteiger partial charge on any atom is -0.480 e. The second kappa shape index (κ2) is 7.56. The van der Waals surface area contributed by atoms with E-state index in [4.69, 9.17) is 0 Å². The van der Waals surface area contributed by atoms with Gasteiger partial charge >= 0.3 is 12.1 Å². The zero-order chi connectivity index (χ0) is 20.5. The smallest absolute Gasteiger partial charge is 0.408 e. The Balaban J connectivity index is 2.01. The minimum absolute atomic E-state index is 0.0331. The summed E-state index contributed by atoms with van der Waals surface area (Å²) >= 11 is 0. The van der Waals surface area contributed by atoms with Crippen LogP contribution < -0.4 is 0 Å². The average molecular weight is 413 g/mol. The number of carbonyl (C=O) groups is 1. The number of hydrogen-bond donors (Lipinski definition) is 1. The third-order valence-electron chi connectivity index (χ3n) is 4.85. The van der Waals surface area contributed by atoms with Crippen LogP contribution in [0.4, 0.5) is 13.2 Å². The van der Waals surface area contributed by atoms with Crippen molar-refractivity contribution in [2.45, 2.75) is 34.8 Å². The summed E-state index contributed by atoms with van der Waals surface area (Å²) in [6.07, 6.45) is -5.17. The lowest BCUT2D eigenvalue weighted by Crippen LogP contribution is -2.45. The number of hydrogen-bond acceptors (Lipinski definition) is 4. The van der Waals surface area contributed by atoms with E-state index >= 15 is 0 Å². The first-order valence-corrected chi connectivity index (χ1v) is 10.1. The molecular formula is C19H18F3NO4S. The number of rotatable bonds is 5. The number of benzene rings is 2. The Morgan fingerprint density at radius 1 is 1.04 bits per heavy atom. The van der Waals surface area contributed by atoms with Gasteiger partial charge < -0.3 is 5.11 Å². The maximum absolute atomic E-state index is 13.9. The highest BCUT2D eigenvalue weighted by molar-refractivity contribution is 7.92. The summed E-state index contributed by atoms with van der Waals surface area (Å²) in [7, 11) is -3.97. The molecule has 1 aliphatic heterocycles. The Bertz CT molecular complexity index is 933. The van der Waals surface area contributed by atoms with Gasteiger partial charge in [0, 0.05) is 6.54 Å². The predicted molar refractivity (Wildman–Crippen MR) is 95.4 cm³/mol. The van der Waals surface area contributed by atoms with Crippen LogP contribution in [0, 0.1) is 0 Å². The summed E-state index contributed by atoms with van der Waals surface area (Å²) in [4.78, 5) is 12.4. The monoisotopic (exact) mass is 413 g/mol. The van der Waals surface area contributed by atoms with Crippen LogP contribution in [-0.2, 0) is 14.6 Å². The van der Waals surface area contributed by atoms with E-state index in [9.17, 15) is 31.5 Å². The SMILES string of the molecule is O=C(O)[C@@H]1C[C@@H](S(=O)(=O)c2ccccc2)CN1C(c1ccccc1)C(F)(F)F. The van der Waals surface area contributed by atoms with Crippen LogP contribution in [0.2, 0.25) is 0 Å². The zero-order valence-electron chi connectivity index (χ0n) is 14.6. The molecule has 1 fully saturated rings. The predicted octanol–water partition coefficient (Wildman–Crippen LogP) is 3.29. The van der Waals surface area contributed by atoms with Crippen molar-refractivity contribution in [3.8, 4) is 0 Å². The molecule has 5 nitrogen and oxygen atoms in total. The Morgan fingerprint density at radius 3 is 2.07 bits per heavy atom. The van der Waals surface area contributed by atoms with Crippen molar-refractivity contribution in [3.05, 3.63) is 66.2 Å². The molecular weight excluding hydrogens is 395 g/mol. The van der Waals surface area contributed by atoms with Gasteiger partial charge in [-0.05, 0) is 24.1 Å². The molecule has 1 N–H and O–H groups in total. The highest BCUT2D eigenvalue weighted by atomic mass is 32.2. The van der Waals surface area contributed by atoms with E-state index in [-0.39, 0.29) is 10.5 Å². The fourth-order valence-corrected chi connectivity index (χ4v) is 5.31. The van der Waals surface area contributed by atoms with Gasteiger partial charge in [-0.2, -0.15) is 13.2 Å². The molecule has 0 amide bonds. The van der Waals surface area contributed by atoms with Crippen LogP contribution in [0.15, 0.2) is 65.6 Å². The molecule has 150 valence electrons. The van der Waals surface area contributed by atoms with Crippen LogP contribution in [0.25, 0.3) is 0 Å². The Morgan fingerprint density at radius 2 is 1.57 bits per heavy atom. The summed E-state index contributed by atoms with van der Waals surface area (Å²) in [5.74, 6) is -1.48. The summed E-state index contributed by atoms with van der Waals surface area (Å²) < 4.78 is 67.3. The van der Waals surface area contributed by atoms with Crippen LogP contribution >= 0.6 is 0 Å². The molecule has 0 radical (unpaired) electrons. The lowest BCUT2D eigenvalue weighted by molar-refractivity contribution is -0.191. The van der Waals surface area contributed by atoms with Gasteiger partial charge in [0.25, 0.3) is 0 Å². The van der Waals surface area contributed by atoms with Gasteiger partial charge in [-0.25, -0.2) is 8.42 Å². The van der Waals surface area contributed by atoms with Gasteiger partial charge in [-0.15, -0.1) is 0 Å². The number of halogens is 3. The summed E-state index contributed by atoms with van der Waals surface area (Å²) in [6.45, 7) is -0.521. The molecule has 2 aromatic carbocycles. The van der Waals surface area contributed by atoms with E-state index in [1.165, 1.54) is 48.5 Å². The van der Waals surface area contributed by atoms with Gasteiger partial charge in [0.05, 0.1) is 10.1 Å². The van der Waals surface area contributed by atoms with E-state index in [0.29, 0.717) is 0 Å². The summed E-state index contributed by atoms with van der Waals surface area (Å²) in [5.41, 5.74) is -0.126. The lowest BCUT2D eigenvalue weighted by Gasteiger charge is -2.32. The molecule has 1 heterocycles. The first kappa shape index (κ1) is 20.3. The number of alkyl halides is 3. The molecule has 1 aliphatic rings. The van der Waals surface area contributed by atoms with Crippen molar-refractivity contribution in [2.24, 2.45) is 0 Å². The summed E-state index contributed by atoms with van der Waals surface area (Å²) in [5, 5.41) is 8.25. The molecule has 0 spiro atoms. The van der Waals surface area contributed by atoms with Crippen molar-refractivity contribution in [1.29, 1.82) is 0 Å². The quantitative estimate of drug-likeness (QED) is 0.814. The maximum Gasteiger partial charge on any atom is 0.408 e. The third kappa shape index (κ3) is 3.90. The largest absolute Gasteiger partial charge is 0.480 e. The van der Waals surface area contributed by atoms with Crippen molar-refractivity contribution in [2.75, 3.05) is 6.54 Å². The van der Waals surface area contributed by atoms with Gasteiger partial charge in [-0.3, -0.25) is 9.69 Å². The molecule has 0 aromatic heterocycles. The fourth-order valence-electron chi connectivity index (χ4n) is 3.58. The highest BCUT2D eigenvalue weighted by Gasteiger charge is 2.53. The molecule has 0 aliphatic carbocycles. The Labute approximate surface area is 160 Å². The Kier molecular flexibility index (Phi) is 5.49. The number of carboxylic acid groups (broad SMARTS) is 1. The molecule has 3 atom stereocenters. The normalized spacial score (nSPS) is 22.1. The van der Waals surface area contributed by atoms with E-state index in [1.807, 2.05) is 0 Å². The van der Waals surface area contributed by atoms with E-state index in [0.717, 1.165) is 4.90 Å². The van der Waals surface area contributed by atoms with Gasteiger partial charge in [0.15, 0.2) is 9.84 Å². The number of nitrogens with zero attached hydrogens (tertiary/aromatic N) is 1. The van der Waals surface area contributed by atoms with Crippen molar-refractivity contribution < 1.29 is 31.5 Å². The van der Waals surface area contributed by atoms with Crippen molar-refractivity contribution in [1.82, 2.24) is 4.90 Å². The van der Waals surface area contributed by atoms with E-state index in [1.54, 1.807) is 12.1 Å². The molecule has 2 aromatic rings. The van der Waals surface area contributed by atoms with Gasteiger partial charge in [0.2, 0.25) is 0 Å². The van der Waals surface area contributed by atoms with Crippen LogP contribution in [0.3, 0.4) is 0 Å². The fraction of sp³-hybridized carbons (Fsp3) is 0.316. The molecule has 1 unspecified atom stereocenters. The van der Waals surface area contributed by atoms with Crippen LogP contribution in [0.5, 0.6) is 0 Å². The molecule has 3 rings (SSSR count). The number of carboxylic acids is 1. The standard InChI is InChI=1S/C19H18F3NO4S/c20-19(21,22)17(13-7-3-1-4-8-13)23-12-15(11-16(23)18(24)25)28(26,27)14-9-5-2-6-10-14/h1-10,15-17H,11-12H2,(H,24,25)/t15-,16+,17?/m1/s1. The molecule has 1 saturated heterocycles. The van der Waals surface area contributed by atoms with Crippen molar-refractivity contribution in [3.63, 3.8) is 0 Å². The van der Waals surface area contributed by atoms with E-state index in [2.05, 4.69) is 0 Å². The molecule has 28 heavy (non-hydrogen) atoms. The topological polar surface area (TPSA) is 74.7 Å². The molecule has 9 heteroatoms. The first-order valence-electron chi connectivity index (χ1n) is 8.51. The van der Waals surface area contributed by atoms with E-state index < -0.39 is 52.3 Å². The molecule has 0 bridgehead atoms. The van der Waals surface area contributed by atoms with Crippen LogP contribution in [0.1, 0.15) is 18.0 Å². The second-order valence-electron chi connectivity index (χ2n) is 6.62. The highest BCUT2D eigenvalue weighted by Crippen LogP contribution is 2.43. The maximum atomic E-state index is 13.9. The van der Waals surface area contributed by atoms with Gasteiger partial charge in [0.1, 0.15) is 12.1 Å². The number of aliphatic carboxylic acids is 1. The van der Waals surface area contributed by atoms with Crippen molar-refractivity contribution >= 4 is 15.8 Å². The summed E-state index contributed by atoms with van der Waals surface area (Å²) in [6, 6.07) is 10.5. The molecule has 0 saturated carbocycles. The zero-order valence-corrected chi connectivity index (χ0v) is 15.4. The van der Waals surface area contributed by atoms with Gasteiger partial charge in [-0.1, -0.05) is 48.5 Å². The third-order valence-corrected chi connectivity index (χ3v) is 7.00. The second-order valence-corrected chi connectivity index (χ2v) is 8.85. The van der Waals surface area contributed by atoms with Crippen LogP contribution in [-0.4, -0.2) is 48.4 Å².